The van der Waals surface area contributed by atoms with Crippen molar-refractivity contribution in [2.24, 2.45) is 41.2 Å². The van der Waals surface area contributed by atoms with Crippen molar-refractivity contribution in [3.05, 3.63) is 24.3 Å². The zero-order valence-electron chi connectivity index (χ0n) is 57.7. The Kier molecular flexibility index (Phi) is 34.3. The first-order chi connectivity index (χ1) is 47.2. The molecule has 20 N–H and O–H groups in total. The molecule has 11 amide bonds. The van der Waals surface area contributed by atoms with Crippen LogP contribution < -0.4 is 58.9 Å². The summed E-state index contributed by atoms with van der Waals surface area (Å²) < 4.78 is 10.4. The first kappa shape index (κ1) is 86.0. The summed E-state index contributed by atoms with van der Waals surface area (Å²) in [5.74, 6) is -29.3. The maximum atomic E-state index is 15.1. The second kappa shape index (κ2) is 40.3. The van der Waals surface area contributed by atoms with Crippen LogP contribution in [0.3, 0.4) is 0 Å². The van der Waals surface area contributed by atoms with E-state index in [1.54, 1.807) is 19.1 Å². The van der Waals surface area contributed by atoms with E-state index in [4.69, 9.17) is 15.2 Å². The molecule has 0 aromatic rings. The lowest BCUT2D eigenvalue weighted by atomic mass is 9.97. The number of carboxylic acid groups (broad SMARTS) is 5. The van der Waals surface area contributed by atoms with Crippen LogP contribution in [0.15, 0.2) is 24.3 Å². The highest BCUT2D eigenvalue weighted by atomic mass is 16.7. The fraction of sp³-hybridized carbons (Fsp3) is 0.683. The van der Waals surface area contributed by atoms with Crippen LogP contribution in [0.2, 0.25) is 0 Å². The second-order valence-corrected chi connectivity index (χ2v) is 26.1. The van der Waals surface area contributed by atoms with E-state index < -0.39 is 241 Å². The number of hydrogen-bond acceptors (Lipinski definition) is 22. The molecule has 0 spiro atoms. The molecule has 3 aliphatic rings. The van der Waals surface area contributed by atoms with Gasteiger partial charge in [0.05, 0.1) is 30.8 Å². The summed E-state index contributed by atoms with van der Waals surface area (Å²) in [4.78, 5) is 222. The van der Waals surface area contributed by atoms with E-state index in [9.17, 15) is 113 Å². The number of aliphatic hydroxyl groups excluding tert-OH is 3. The Balaban J connectivity index is 2.40. The van der Waals surface area contributed by atoms with Gasteiger partial charge in [0.1, 0.15) is 72.7 Å². The molecule has 38 heteroatoms. The van der Waals surface area contributed by atoms with Gasteiger partial charge in [0, 0.05) is 12.6 Å². The molecule has 0 aromatic carbocycles. The number of aliphatic carboxylic acids is 5. The first-order valence-corrected chi connectivity index (χ1v) is 33.0. The van der Waals surface area contributed by atoms with Gasteiger partial charge in [-0.1, -0.05) is 73.1 Å². The van der Waals surface area contributed by atoms with E-state index in [2.05, 4.69) is 44.1 Å². The van der Waals surface area contributed by atoms with Gasteiger partial charge < -0.3 is 114 Å². The molecule has 3 fully saturated rings. The number of nitrogens with two attached hydrogens (primary N) is 1. The Labute approximate surface area is 581 Å². The molecule has 3 rings (SSSR count). The average molecular weight is 1440 g/mol. The van der Waals surface area contributed by atoms with Gasteiger partial charge in [-0.15, -0.1) is 0 Å². The molecular formula is C63H98N12O26. The largest absolute Gasteiger partial charge is 0.481 e. The Bertz CT molecular complexity index is 3080. The van der Waals surface area contributed by atoms with Gasteiger partial charge >= 0.3 is 29.8 Å². The number of rotatable bonds is 26. The van der Waals surface area contributed by atoms with Crippen LogP contribution in [0.5, 0.6) is 0 Å². The second-order valence-electron chi connectivity index (χ2n) is 26.1. The minimum absolute atomic E-state index is 0.0442. The van der Waals surface area contributed by atoms with Crippen molar-refractivity contribution in [3.63, 3.8) is 0 Å². The fourth-order valence-electron chi connectivity index (χ4n) is 10.8. The number of unbranched alkanes of at least 4 members (excludes halogenated alkanes) is 1. The van der Waals surface area contributed by atoms with Crippen molar-refractivity contribution in [3.8, 4) is 0 Å². The molecular weight excluding hydrogens is 1340 g/mol. The van der Waals surface area contributed by atoms with E-state index in [0.29, 0.717) is 12.3 Å². The number of hydrogen-bond donors (Lipinski definition) is 19. The molecule has 0 aromatic heterocycles. The highest BCUT2D eigenvalue weighted by Crippen LogP contribution is 2.27. The molecule has 0 saturated carbocycles. The number of aliphatic hydroxyl groups is 3. The van der Waals surface area contributed by atoms with Crippen molar-refractivity contribution in [1.82, 2.24) is 58.1 Å². The van der Waals surface area contributed by atoms with Crippen LogP contribution >= 0.6 is 0 Å². The SMILES string of the molecule is CCC(C)CC/C=C\C=C\C(=O)N[C@H](C(=O)N[C@@H]1C(=O)N[C@H](C(C)C)C(=O)N[C@@H](CCCCN)C(=O)N[C@@H](C(OC2OC(C(=O)O)C(O)C(O)C2O)C(=O)O)C(=O)N[C@@H](CC(=O)O)C(=O)NCC(=O)N[C@H](C(C)C(=O)O)C(=O)N[C@@H](C(C)C)C(=O)N2C[C@H](C)C[C@H]2C(=O)NC1C)C(C)C(=O)O. The van der Waals surface area contributed by atoms with Gasteiger partial charge in [-0.25, -0.2) is 9.59 Å². The first-order valence-electron chi connectivity index (χ1n) is 33.0. The quantitative estimate of drug-likeness (QED) is 0.0218. The fourth-order valence-corrected chi connectivity index (χ4v) is 10.8. The number of carbonyl (C=O) groups is 16. The summed E-state index contributed by atoms with van der Waals surface area (Å²) in [6, 6.07) is -19.8. The van der Waals surface area contributed by atoms with Gasteiger partial charge in [0.15, 0.2) is 18.5 Å². The average Bonchev–Trinajstić information content (AvgIpc) is 1.58. The van der Waals surface area contributed by atoms with Crippen LogP contribution in [0.1, 0.15) is 121 Å². The van der Waals surface area contributed by atoms with Crippen LogP contribution in [-0.2, 0) is 86.2 Å². The lowest BCUT2D eigenvalue weighted by molar-refractivity contribution is -0.304. The number of nitrogens with zero attached hydrogens (tertiary/aromatic N) is 1. The molecule has 566 valence electrons. The molecule has 10 unspecified atom stereocenters. The number of carboxylic acids is 5. The summed E-state index contributed by atoms with van der Waals surface area (Å²) in [5.41, 5.74) is 5.76. The monoisotopic (exact) mass is 1440 g/mol. The topological polar surface area (TPSA) is 603 Å². The Morgan fingerprint density at radius 2 is 1.26 bits per heavy atom. The number of fused-ring (bicyclic) bond motifs is 1. The summed E-state index contributed by atoms with van der Waals surface area (Å²) in [7, 11) is 0. The summed E-state index contributed by atoms with van der Waals surface area (Å²) in [6.07, 6.45) is -9.29. The Morgan fingerprint density at radius 3 is 1.82 bits per heavy atom. The number of allylic oxidation sites excluding steroid dienone is 3. The summed E-state index contributed by atoms with van der Waals surface area (Å²) in [5, 5.41) is 105. The third-order valence-corrected chi connectivity index (χ3v) is 17.2. The lowest BCUT2D eigenvalue weighted by Gasteiger charge is -2.40. The van der Waals surface area contributed by atoms with Gasteiger partial charge in [-0.05, 0) is 89.5 Å². The van der Waals surface area contributed by atoms with Gasteiger partial charge in [-0.3, -0.25) is 67.1 Å². The number of amides is 11. The van der Waals surface area contributed by atoms with Crippen LogP contribution in [0, 0.1) is 35.5 Å². The number of nitrogens with one attached hydrogen (secondary N) is 10. The zero-order valence-corrected chi connectivity index (χ0v) is 57.7. The van der Waals surface area contributed by atoms with Crippen LogP contribution in [0.4, 0.5) is 0 Å². The predicted molar refractivity (Wildman–Crippen MR) is 348 cm³/mol. The summed E-state index contributed by atoms with van der Waals surface area (Å²) in [6.45, 7) is 13.3. The highest BCUT2D eigenvalue weighted by Gasteiger charge is 2.52. The molecule has 0 aliphatic carbocycles. The third kappa shape index (κ3) is 25.4. The third-order valence-electron chi connectivity index (χ3n) is 17.2. The van der Waals surface area contributed by atoms with Gasteiger partial charge in [0.2, 0.25) is 65.0 Å². The molecule has 101 heavy (non-hydrogen) atoms. The predicted octanol–water partition coefficient (Wildman–Crippen LogP) is -5.61. The maximum Gasteiger partial charge on any atom is 0.335 e. The van der Waals surface area contributed by atoms with E-state index in [1.165, 1.54) is 40.7 Å². The van der Waals surface area contributed by atoms with E-state index >= 15 is 4.79 Å². The molecule has 0 radical (unpaired) electrons. The normalized spacial score (nSPS) is 29.0. The van der Waals surface area contributed by atoms with Crippen molar-refractivity contribution < 1.29 is 127 Å². The smallest absolute Gasteiger partial charge is 0.335 e. The summed E-state index contributed by atoms with van der Waals surface area (Å²) >= 11 is 0. The molecule has 3 saturated heterocycles. The van der Waals surface area contributed by atoms with Crippen LogP contribution in [0.25, 0.3) is 0 Å². The standard InChI is InChI=1S/C63H98N12O26/c1-11-28(6)18-14-12-13-15-20-36(76)69-41(30(8)59(92)93)55(88)73-43-32(10)66-52(85)35-22-29(7)25-75(35)58(91)40(27(4)5)72-54(87)42(31(9)60(94)95)70-37(77)24-65-50(83)34(23-38(78)79)68-57(90)44(48(61(96)97)100-63-47(82)45(80)46(81)49(101-63)62(98)99)74-51(84)33(19-16-17-21-64)67-53(86)39(26(2)3)71-56(43)89/h12-13,15,20,26-35,39-49,63,80-82H,11,14,16-19,21-25,64H2,1-10H3,(H,65,83)(H,66,85)(H,67,86)(H,68,90)(H,69,76)(H,70,77)(H,71,89)(H,72,87)(H,73,88)(H,74,84)(H,78,79)(H,92,93)(H,94,95)(H,96,97)(H,98,99)/b13-12-,20-15+/t28?,29-,30?,31?,32?,33+,34+,35+,39-,40+,41+,42-,43+,44+,45?,46?,47?,48?,49?,63?/m1/s1. The van der Waals surface area contributed by atoms with E-state index in [0.717, 1.165) is 37.7 Å². The van der Waals surface area contributed by atoms with Crippen molar-refractivity contribution in [1.29, 1.82) is 0 Å². The molecule has 3 heterocycles. The molecule has 0 bridgehead atoms. The van der Waals surface area contributed by atoms with E-state index in [-0.39, 0.29) is 32.4 Å². The number of carbonyl (C=O) groups excluding carboxylic acids is 11. The van der Waals surface area contributed by atoms with Gasteiger partial charge in [0.25, 0.3) is 0 Å². The highest BCUT2D eigenvalue weighted by molar-refractivity contribution is 6.02. The number of ether oxygens (including phenoxy) is 2. The van der Waals surface area contributed by atoms with Crippen molar-refractivity contribution in [2.75, 3.05) is 19.6 Å². The molecule has 20 atom stereocenters. The van der Waals surface area contributed by atoms with Gasteiger partial charge in [-0.2, -0.15) is 0 Å². The minimum Gasteiger partial charge on any atom is -0.481 e. The maximum absolute atomic E-state index is 15.1. The zero-order chi connectivity index (χ0) is 76.6. The van der Waals surface area contributed by atoms with Crippen LogP contribution in [-0.4, -0.2) is 257 Å². The van der Waals surface area contributed by atoms with Crippen molar-refractivity contribution >= 4 is 94.8 Å². The Hall–Kier alpha value is -9.24. The minimum atomic E-state index is -2.98. The molecule has 38 nitrogen and oxygen atoms in total. The Morgan fingerprint density at radius 1 is 0.663 bits per heavy atom. The molecule has 3 aliphatic heterocycles. The van der Waals surface area contributed by atoms with E-state index in [1.807, 2.05) is 22.9 Å². The lowest BCUT2D eigenvalue weighted by Crippen LogP contribution is -2.66. The van der Waals surface area contributed by atoms with Crippen molar-refractivity contribution in [2.45, 2.75) is 218 Å².